The Morgan fingerprint density at radius 2 is 1.64 bits per heavy atom. The number of esters is 1. The third-order valence-corrected chi connectivity index (χ3v) is 5.07. The van der Waals surface area contributed by atoms with Crippen LogP contribution in [0.3, 0.4) is 0 Å². The lowest BCUT2D eigenvalue weighted by Crippen LogP contribution is -2.38. The molecule has 0 aromatic heterocycles. The van der Waals surface area contributed by atoms with Crippen LogP contribution in [0.1, 0.15) is 24.0 Å². The van der Waals surface area contributed by atoms with Gasteiger partial charge < -0.3 is 14.8 Å². The number of hydrogen-bond donors (Lipinski definition) is 1. The quantitative estimate of drug-likeness (QED) is 0.711. The number of methoxy groups -OCH3 is 1. The average Bonchev–Trinajstić information content (AvgIpc) is 3.05. The van der Waals surface area contributed by atoms with Gasteiger partial charge in [-0.05, 0) is 28.8 Å². The molecule has 1 amide bonds. The number of carbonyl (C=O) groups excluding carboxylic acids is 2. The van der Waals surface area contributed by atoms with Gasteiger partial charge in [-0.15, -0.1) is 0 Å². The zero-order valence-electron chi connectivity index (χ0n) is 16.3. The molecule has 0 spiro atoms. The monoisotopic (exact) mass is 382 g/mol. The first-order valence-electron chi connectivity index (χ1n) is 9.52. The molecule has 0 heterocycles. The van der Waals surface area contributed by atoms with Gasteiger partial charge in [0.1, 0.15) is 6.61 Å². The van der Waals surface area contributed by atoms with Crippen molar-refractivity contribution in [3.05, 3.63) is 59.7 Å². The van der Waals surface area contributed by atoms with Gasteiger partial charge in [0.05, 0.1) is 13.7 Å². The van der Waals surface area contributed by atoms with E-state index in [1.807, 2.05) is 36.1 Å². The summed E-state index contributed by atoms with van der Waals surface area (Å²) < 4.78 is 10.2. The molecule has 0 aliphatic heterocycles. The fourth-order valence-electron chi connectivity index (χ4n) is 3.56. The summed E-state index contributed by atoms with van der Waals surface area (Å²) in [5.74, 6) is -0.243. The number of ether oxygens (including phenoxy) is 2. The third-order valence-electron chi connectivity index (χ3n) is 5.07. The maximum Gasteiger partial charge on any atom is 0.407 e. The Morgan fingerprint density at radius 1 is 1.04 bits per heavy atom. The summed E-state index contributed by atoms with van der Waals surface area (Å²) in [7, 11) is 1.37. The normalized spacial score (nSPS) is 12.4. The molecule has 0 fully saturated rings. The fraction of sp³-hybridized carbons (Fsp3) is 0.364. The van der Waals surface area contributed by atoms with E-state index in [0.29, 0.717) is 26.2 Å². The SMILES string of the molecule is CCN(CCNC(=O)OCC1c2ccccc2-c2ccccc21)CC(=O)OC. The fourth-order valence-corrected chi connectivity index (χ4v) is 3.56. The summed E-state index contributed by atoms with van der Waals surface area (Å²) in [5.41, 5.74) is 4.78. The highest BCUT2D eigenvalue weighted by molar-refractivity contribution is 5.79. The molecular weight excluding hydrogens is 356 g/mol. The zero-order chi connectivity index (χ0) is 19.9. The maximum atomic E-state index is 12.1. The number of alkyl carbamates (subject to hydrolysis) is 1. The molecule has 3 rings (SSSR count). The summed E-state index contributed by atoms with van der Waals surface area (Å²) in [5, 5.41) is 2.76. The molecule has 2 aromatic carbocycles. The molecule has 1 aliphatic carbocycles. The molecule has 1 aliphatic rings. The summed E-state index contributed by atoms with van der Waals surface area (Å²) >= 11 is 0. The Balaban J connectivity index is 1.52. The lowest BCUT2D eigenvalue weighted by Gasteiger charge is -2.19. The average molecular weight is 382 g/mol. The van der Waals surface area contributed by atoms with Crippen molar-refractivity contribution in [2.24, 2.45) is 0 Å². The first-order valence-corrected chi connectivity index (χ1v) is 9.52. The van der Waals surface area contributed by atoms with E-state index in [1.165, 1.54) is 29.4 Å². The Bertz CT molecular complexity index is 791. The van der Waals surface area contributed by atoms with Gasteiger partial charge in [0.2, 0.25) is 0 Å². The number of nitrogens with zero attached hydrogens (tertiary/aromatic N) is 1. The summed E-state index contributed by atoms with van der Waals surface area (Å²) in [4.78, 5) is 25.4. The number of hydrogen-bond acceptors (Lipinski definition) is 5. The molecule has 28 heavy (non-hydrogen) atoms. The minimum absolute atomic E-state index is 0.0459. The summed E-state index contributed by atoms with van der Waals surface area (Å²) in [6.45, 7) is 4.11. The molecule has 0 atom stereocenters. The lowest BCUT2D eigenvalue weighted by molar-refractivity contribution is -0.141. The van der Waals surface area contributed by atoms with Crippen molar-refractivity contribution < 1.29 is 19.1 Å². The van der Waals surface area contributed by atoms with Crippen molar-refractivity contribution in [2.45, 2.75) is 12.8 Å². The van der Waals surface area contributed by atoms with E-state index in [0.717, 1.165) is 0 Å². The molecule has 6 nitrogen and oxygen atoms in total. The Hall–Kier alpha value is -2.86. The Morgan fingerprint density at radius 3 is 2.21 bits per heavy atom. The highest BCUT2D eigenvalue weighted by atomic mass is 16.5. The van der Waals surface area contributed by atoms with Crippen molar-refractivity contribution >= 4 is 12.1 Å². The number of carbonyl (C=O) groups is 2. The van der Waals surface area contributed by atoms with Crippen LogP contribution < -0.4 is 5.32 Å². The first-order chi connectivity index (χ1) is 13.6. The van der Waals surface area contributed by atoms with E-state index in [-0.39, 0.29) is 18.4 Å². The first kappa shape index (κ1) is 19.9. The van der Waals surface area contributed by atoms with Crippen LogP contribution in [0, 0.1) is 0 Å². The molecule has 0 unspecified atom stereocenters. The van der Waals surface area contributed by atoms with Gasteiger partial charge in [0.25, 0.3) is 0 Å². The van der Waals surface area contributed by atoms with E-state index in [9.17, 15) is 9.59 Å². The smallest absolute Gasteiger partial charge is 0.407 e. The van der Waals surface area contributed by atoms with Gasteiger partial charge in [0, 0.05) is 19.0 Å². The van der Waals surface area contributed by atoms with E-state index in [1.54, 1.807) is 0 Å². The zero-order valence-corrected chi connectivity index (χ0v) is 16.3. The van der Waals surface area contributed by atoms with Crippen LogP contribution in [0.15, 0.2) is 48.5 Å². The number of benzene rings is 2. The van der Waals surface area contributed by atoms with Crippen molar-refractivity contribution in [3.8, 4) is 11.1 Å². The van der Waals surface area contributed by atoms with Crippen LogP contribution in [-0.2, 0) is 14.3 Å². The molecule has 2 aromatic rings. The van der Waals surface area contributed by atoms with Crippen molar-refractivity contribution in [1.29, 1.82) is 0 Å². The molecule has 6 heteroatoms. The van der Waals surface area contributed by atoms with Gasteiger partial charge in [-0.3, -0.25) is 9.69 Å². The summed E-state index contributed by atoms with van der Waals surface area (Å²) in [6.07, 6.45) is -0.448. The second-order valence-electron chi connectivity index (χ2n) is 6.70. The van der Waals surface area contributed by atoms with Crippen LogP contribution >= 0.6 is 0 Å². The van der Waals surface area contributed by atoms with E-state index in [2.05, 4.69) is 34.3 Å². The number of fused-ring (bicyclic) bond motifs is 3. The molecule has 148 valence electrons. The molecule has 1 N–H and O–H groups in total. The summed E-state index contributed by atoms with van der Waals surface area (Å²) in [6, 6.07) is 16.5. The third kappa shape index (κ3) is 4.51. The minimum atomic E-state index is -0.448. The van der Waals surface area contributed by atoms with E-state index < -0.39 is 6.09 Å². The molecule has 0 saturated heterocycles. The van der Waals surface area contributed by atoms with Gasteiger partial charge in [-0.2, -0.15) is 0 Å². The van der Waals surface area contributed by atoms with Crippen LogP contribution in [0.25, 0.3) is 11.1 Å². The van der Waals surface area contributed by atoms with Gasteiger partial charge in [-0.1, -0.05) is 55.5 Å². The standard InChI is InChI=1S/C22H26N2O4/c1-3-24(14-21(25)27-2)13-12-23-22(26)28-15-20-18-10-6-4-8-16(18)17-9-5-7-11-19(17)20/h4-11,20H,3,12-15H2,1-2H3,(H,23,26). The highest BCUT2D eigenvalue weighted by Crippen LogP contribution is 2.44. The number of nitrogens with one attached hydrogen (secondary N) is 1. The largest absolute Gasteiger partial charge is 0.468 e. The van der Waals surface area contributed by atoms with E-state index in [4.69, 9.17) is 4.74 Å². The molecular formula is C22H26N2O4. The minimum Gasteiger partial charge on any atom is -0.468 e. The molecule has 0 saturated carbocycles. The molecule has 0 bridgehead atoms. The van der Waals surface area contributed by atoms with Crippen molar-refractivity contribution in [1.82, 2.24) is 10.2 Å². The van der Waals surface area contributed by atoms with Gasteiger partial charge in [-0.25, -0.2) is 4.79 Å². The lowest BCUT2D eigenvalue weighted by atomic mass is 9.98. The van der Waals surface area contributed by atoms with Gasteiger partial charge in [0.15, 0.2) is 0 Å². The van der Waals surface area contributed by atoms with Crippen LogP contribution in [-0.4, -0.2) is 56.9 Å². The topological polar surface area (TPSA) is 67.9 Å². The van der Waals surface area contributed by atoms with Crippen LogP contribution in [0.4, 0.5) is 4.79 Å². The Labute approximate surface area is 165 Å². The van der Waals surface area contributed by atoms with Crippen molar-refractivity contribution in [2.75, 3.05) is 39.9 Å². The maximum absolute atomic E-state index is 12.1. The highest BCUT2D eigenvalue weighted by Gasteiger charge is 2.28. The van der Waals surface area contributed by atoms with Crippen LogP contribution in [0.2, 0.25) is 0 Å². The predicted molar refractivity (Wildman–Crippen MR) is 107 cm³/mol. The predicted octanol–water partition coefficient (Wildman–Crippen LogP) is 3.02. The second kappa shape index (κ2) is 9.37. The second-order valence-corrected chi connectivity index (χ2v) is 6.70. The number of amides is 1. The van der Waals surface area contributed by atoms with Gasteiger partial charge >= 0.3 is 12.1 Å². The molecule has 0 radical (unpaired) electrons. The number of likely N-dealkylation sites (N-methyl/N-ethyl adjacent to an activating group) is 1. The van der Waals surface area contributed by atoms with Crippen LogP contribution in [0.5, 0.6) is 0 Å². The Kier molecular flexibility index (Phi) is 6.66. The van der Waals surface area contributed by atoms with E-state index >= 15 is 0 Å². The number of rotatable bonds is 8. The van der Waals surface area contributed by atoms with Crippen molar-refractivity contribution in [3.63, 3.8) is 0 Å².